The highest BCUT2D eigenvalue weighted by molar-refractivity contribution is 6.41. The highest BCUT2D eigenvalue weighted by atomic mass is 35.5. The average Bonchev–Trinajstić information content (AvgIpc) is 2.54. The highest BCUT2D eigenvalue weighted by Gasteiger charge is 2.01. The van der Waals surface area contributed by atoms with Crippen molar-refractivity contribution in [2.24, 2.45) is 0 Å². The number of piperazine rings is 2. The van der Waals surface area contributed by atoms with Crippen molar-refractivity contribution < 1.29 is 0 Å². The number of rotatable bonds is 0. The first kappa shape index (κ1) is 18.7. The van der Waals surface area contributed by atoms with Gasteiger partial charge in [0.25, 0.3) is 0 Å². The Morgan fingerprint density at radius 3 is 1.38 bits per heavy atom. The number of nitrogens with zero attached hydrogens (tertiary/aromatic N) is 1. The summed E-state index contributed by atoms with van der Waals surface area (Å²) < 4.78 is 0. The zero-order valence-corrected chi connectivity index (χ0v) is 14.2. The Kier molecular flexibility index (Phi) is 10.9. The summed E-state index contributed by atoms with van der Waals surface area (Å²) in [6.07, 6.45) is 0. The standard InChI is InChI=1S/C6H4Cl2.C5H12N2.C4H10N2/c7-5-3-1-2-4-6(5)8;1-7-4-2-6-3-5-7;1-2-6-4-3-5-1/h1-4H;6H,2-5H2,1H3;5-6H,1-4H2. The van der Waals surface area contributed by atoms with Gasteiger partial charge in [0.1, 0.15) is 0 Å². The maximum absolute atomic E-state index is 5.58. The topological polar surface area (TPSA) is 39.3 Å². The first-order valence-electron chi connectivity index (χ1n) is 7.41. The molecule has 21 heavy (non-hydrogen) atoms. The second-order valence-electron chi connectivity index (χ2n) is 4.97. The Balaban J connectivity index is 0.000000159. The summed E-state index contributed by atoms with van der Waals surface area (Å²) in [6, 6.07) is 7.19. The smallest absolute Gasteiger partial charge is 0.0592 e. The molecule has 0 bridgehead atoms. The van der Waals surface area contributed by atoms with Gasteiger partial charge in [-0.15, -0.1) is 0 Å². The Labute approximate surface area is 138 Å². The predicted octanol–water partition coefficient (Wildman–Crippen LogP) is 1.69. The van der Waals surface area contributed by atoms with Crippen molar-refractivity contribution in [2.75, 3.05) is 59.4 Å². The summed E-state index contributed by atoms with van der Waals surface area (Å²) in [4.78, 5) is 2.33. The van der Waals surface area contributed by atoms with E-state index < -0.39 is 0 Å². The minimum atomic E-state index is 0.606. The molecule has 2 fully saturated rings. The number of hydrogen-bond donors (Lipinski definition) is 3. The van der Waals surface area contributed by atoms with Gasteiger partial charge in [0.15, 0.2) is 0 Å². The first-order chi connectivity index (χ1) is 10.2. The monoisotopic (exact) mass is 332 g/mol. The molecule has 3 rings (SSSR count). The number of hydrogen-bond acceptors (Lipinski definition) is 4. The van der Waals surface area contributed by atoms with E-state index in [1.54, 1.807) is 12.1 Å². The quantitative estimate of drug-likeness (QED) is 0.676. The van der Waals surface area contributed by atoms with E-state index in [0.717, 1.165) is 39.3 Å². The normalized spacial score (nSPS) is 18.8. The molecule has 2 aliphatic heterocycles. The van der Waals surface area contributed by atoms with E-state index in [0.29, 0.717) is 10.0 Å². The van der Waals surface area contributed by atoms with Crippen molar-refractivity contribution in [1.29, 1.82) is 0 Å². The fraction of sp³-hybridized carbons (Fsp3) is 0.600. The second kappa shape index (κ2) is 12.2. The van der Waals surface area contributed by atoms with Gasteiger partial charge in [0.05, 0.1) is 10.0 Å². The van der Waals surface area contributed by atoms with Gasteiger partial charge in [-0.3, -0.25) is 0 Å². The van der Waals surface area contributed by atoms with Gasteiger partial charge in [0, 0.05) is 52.4 Å². The van der Waals surface area contributed by atoms with Crippen molar-refractivity contribution in [1.82, 2.24) is 20.9 Å². The molecule has 0 spiro atoms. The lowest BCUT2D eigenvalue weighted by Gasteiger charge is -2.21. The number of benzene rings is 1. The first-order valence-corrected chi connectivity index (χ1v) is 8.16. The summed E-state index contributed by atoms with van der Waals surface area (Å²) >= 11 is 11.2. The van der Waals surface area contributed by atoms with Crippen LogP contribution in [0, 0.1) is 0 Å². The molecule has 1 aromatic carbocycles. The van der Waals surface area contributed by atoms with Crippen molar-refractivity contribution in [2.45, 2.75) is 0 Å². The minimum absolute atomic E-state index is 0.606. The zero-order chi connectivity index (χ0) is 15.3. The third-order valence-corrected chi connectivity index (χ3v) is 3.88. The van der Waals surface area contributed by atoms with Gasteiger partial charge in [-0.25, -0.2) is 0 Å². The lowest BCUT2D eigenvalue weighted by molar-refractivity contribution is 0.291. The van der Waals surface area contributed by atoms with Crippen molar-refractivity contribution in [3.63, 3.8) is 0 Å². The molecule has 120 valence electrons. The van der Waals surface area contributed by atoms with Crippen LogP contribution < -0.4 is 16.0 Å². The molecule has 0 aromatic heterocycles. The molecule has 4 nitrogen and oxygen atoms in total. The fourth-order valence-electron chi connectivity index (χ4n) is 1.82. The van der Waals surface area contributed by atoms with Crippen molar-refractivity contribution in [3.05, 3.63) is 34.3 Å². The van der Waals surface area contributed by atoms with Crippen LogP contribution in [0.15, 0.2) is 24.3 Å². The van der Waals surface area contributed by atoms with Gasteiger partial charge >= 0.3 is 0 Å². The van der Waals surface area contributed by atoms with E-state index in [4.69, 9.17) is 23.2 Å². The van der Waals surface area contributed by atoms with Gasteiger partial charge in [-0.2, -0.15) is 0 Å². The van der Waals surface area contributed by atoms with Crippen LogP contribution in [0.3, 0.4) is 0 Å². The number of nitrogens with one attached hydrogen (secondary N) is 3. The van der Waals surface area contributed by atoms with Crippen LogP contribution in [-0.2, 0) is 0 Å². The minimum Gasteiger partial charge on any atom is -0.314 e. The predicted molar refractivity (Wildman–Crippen MR) is 92.6 cm³/mol. The van der Waals surface area contributed by atoms with E-state index in [2.05, 4.69) is 27.9 Å². The summed E-state index contributed by atoms with van der Waals surface area (Å²) in [5, 5.41) is 10.9. The lowest BCUT2D eigenvalue weighted by atomic mass is 10.4. The van der Waals surface area contributed by atoms with Gasteiger partial charge < -0.3 is 20.9 Å². The Bertz CT molecular complexity index is 334. The van der Waals surface area contributed by atoms with Crippen molar-refractivity contribution >= 4 is 23.2 Å². The number of likely N-dealkylation sites (N-methyl/N-ethyl adjacent to an activating group) is 1. The average molecular weight is 333 g/mol. The maximum Gasteiger partial charge on any atom is 0.0592 e. The molecule has 2 aliphatic rings. The van der Waals surface area contributed by atoms with Crippen LogP contribution in [0.25, 0.3) is 0 Å². The largest absolute Gasteiger partial charge is 0.314 e. The van der Waals surface area contributed by atoms with E-state index in [1.165, 1.54) is 13.1 Å². The van der Waals surface area contributed by atoms with E-state index in [1.807, 2.05) is 12.1 Å². The van der Waals surface area contributed by atoms with Crippen LogP contribution in [0.2, 0.25) is 10.0 Å². The van der Waals surface area contributed by atoms with Crippen LogP contribution >= 0.6 is 23.2 Å². The van der Waals surface area contributed by atoms with Crippen LogP contribution in [0.1, 0.15) is 0 Å². The summed E-state index contributed by atoms with van der Waals surface area (Å²) in [5.74, 6) is 0. The summed E-state index contributed by atoms with van der Waals surface area (Å²) in [5.41, 5.74) is 0. The molecule has 1 aromatic rings. The van der Waals surface area contributed by atoms with Crippen LogP contribution in [0.4, 0.5) is 0 Å². The Morgan fingerprint density at radius 1 is 0.762 bits per heavy atom. The summed E-state index contributed by atoms with van der Waals surface area (Å²) in [7, 11) is 2.15. The van der Waals surface area contributed by atoms with Crippen molar-refractivity contribution in [3.8, 4) is 0 Å². The SMILES string of the molecule is C1CNCCN1.CN1CCNCC1.Clc1ccccc1Cl. The molecule has 0 saturated carbocycles. The van der Waals surface area contributed by atoms with E-state index in [-0.39, 0.29) is 0 Å². The third-order valence-electron chi connectivity index (χ3n) is 3.12. The molecule has 0 unspecified atom stereocenters. The maximum atomic E-state index is 5.58. The molecule has 0 aliphatic carbocycles. The van der Waals surface area contributed by atoms with Gasteiger partial charge in [-0.1, -0.05) is 35.3 Å². The third kappa shape index (κ3) is 10.1. The molecular weight excluding hydrogens is 307 g/mol. The van der Waals surface area contributed by atoms with E-state index in [9.17, 15) is 0 Å². The van der Waals surface area contributed by atoms with Crippen LogP contribution in [-0.4, -0.2) is 64.3 Å². The fourth-order valence-corrected chi connectivity index (χ4v) is 2.09. The zero-order valence-electron chi connectivity index (χ0n) is 12.7. The molecule has 0 amide bonds. The van der Waals surface area contributed by atoms with Crippen LogP contribution in [0.5, 0.6) is 0 Å². The molecule has 2 saturated heterocycles. The van der Waals surface area contributed by atoms with Gasteiger partial charge in [-0.05, 0) is 19.2 Å². The molecule has 2 heterocycles. The number of halogens is 2. The lowest BCUT2D eigenvalue weighted by Crippen LogP contribution is -2.40. The summed E-state index contributed by atoms with van der Waals surface area (Å²) in [6.45, 7) is 9.30. The molecule has 6 heteroatoms. The molecular formula is C15H26Cl2N4. The molecule has 0 radical (unpaired) electrons. The van der Waals surface area contributed by atoms with E-state index >= 15 is 0 Å². The molecule has 3 N–H and O–H groups in total. The molecule has 0 atom stereocenters. The highest BCUT2D eigenvalue weighted by Crippen LogP contribution is 2.19. The van der Waals surface area contributed by atoms with Gasteiger partial charge in [0.2, 0.25) is 0 Å². The Hall–Kier alpha value is -0.360. The second-order valence-corrected chi connectivity index (χ2v) is 5.78. The Morgan fingerprint density at radius 2 is 1.14 bits per heavy atom.